The maximum atomic E-state index is 9.54. The minimum absolute atomic E-state index is 0.364. The maximum Gasteiger partial charge on any atom is 0.102 e. The Hall–Kier alpha value is -1.40. The fraction of sp³-hybridized carbons (Fsp3) is 0.571. The van der Waals surface area contributed by atoms with E-state index in [0.717, 1.165) is 44.6 Å². The van der Waals surface area contributed by atoms with Crippen molar-refractivity contribution < 1.29 is 0 Å². The fourth-order valence-electron chi connectivity index (χ4n) is 2.45. The summed E-state index contributed by atoms with van der Waals surface area (Å²) in [6, 6.07) is 2.52. The average molecular weight is 229 g/mol. The highest BCUT2D eigenvalue weighted by Crippen LogP contribution is 2.33. The number of nitriles is 1. The fourth-order valence-corrected chi connectivity index (χ4v) is 2.45. The summed E-state index contributed by atoms with van der Waals surface area (Å²) in [7, 11) is 0. The van der Waals surface area contributed by atoms with E-state index in [9.17, 15) is 5.26 Å². The number of likely N-dealkylation sites (tertiary alicyclic amines) is 1. The molecule has 90 valence electrons. The summed E-state index contributed by atoms with van der Waals surface area (Å²) in [6.45, 7) is 5.25. The quantitative estimate of drug-likeness (QED) is 0.730. The third kappa shape index (κ3) is 2.48. The molecule has 2 heterocycles. The molecule has 17 heavy (non-hydrogen) atoms. The van der Waals surface area contributed by atoms with E-state index in [1.807, 2.05) is 18.4 Å². The van der Waals surface area contributed by atoms with Gasteiger partial charge in [-0.25, -0.2) is 0 Å². The van der Waals surface area contributed by atoms with Crippen molar-refractivity contribution in [2.45, 2.75) is 26.2 Å². The van der Waals surface area contributed by atoms with Gasteiger partial charge < -0.3 is 4.90 Å². The average Bonchev–Trinajstić information content (AvgIpc) is 2.68. The second-order valence-electron chi connectivity index (χ2n) is 4.67. The summed E-state index contributed by atoms with van der Waals surface area (Å²) in [4.78, 5) is 6.84. The van der Waals surface area contributed by atoms with E-state index in [1.54, 1.807) is 0 Å². The Morgan fingerprint density at radius 3 is 2.82 bits per heavy atom. The number of allylic oxidation sites excluding steroid dienone is 3. The number of nitrogens with zero attached hydrogens (tertiary/aromatic N) is 3. The highest BCUT2D eigenvalue weighted by atomic mass is 15.1. The first-order valence-electron chi connectivity index (χ1n) is 6.34. The van der Waals surface area contributed by atoms with Gasteiger partial charge >= 0.3 is 0 Å². The maximum absolute atomic E-state index is 9.54. The molecule has 1 fully saturated rings. The summed E-state index contributed by atoms with van der Waals surface area (Å²) in [6.07, 6.45) is 10.7. The Morgan fingerprint density at radius 1 is 1.41 bits per heavy atom. The van der Waals surface area contributed by atoms with Crippen LogP contribution in [0.15, 0.2) is 29.4 Å². The standard InChI is InChI=1S/C14H19N3/c1-2-17-10-7-14(12-15,8-11-17)13-6-4-3-5-9-16-13/h4-6,9H,2-3,7-8,10-11H2,1H3. The number of rotatable bonds is 2. The van der Waals surface area contributed by atoms with E-state index >= 15 is 0 Å². The number of hydrogen-bond donors (Lipinski definition) is 0. The molecule has 0 amide bonds. The predicted molar refractivity (Wildman–Crippen MR) is 69.7 cm³/mol. The molecule has 3 heteroatoms. The van der Waals surface area contributed by atoms with Crippen LogP contribution in [-0.4, -0.2) is 30.2 Å². The van der Waals surface area contributed by atoms with Crippen molar-refractivity contribution in [1.82, 2.24) is 4.90 Å². The van der Waals surface area contributed by atoms with Crippen molar-refractivity contribution in [3.63, 3.8) is 0 Å². The summed E-state index contributed by atoms with van der Waals surface area (Å²) >= 11 is 0. The Morgan fingerprint density at radius 2 is 2.18 bits per heavy atom. The molecule has 2 rings (SSSR count). The van der Waals surface area contributed by atoms with Gasteiger partial charge in [0, 0.05) is 19.3 Å². The van der Waals surface area contributed by atoms with Crippen molar-refractivity contribution in [3.05, 3.63) is 24.4 Å². The van der Waals surface area contributed by atoms with Gasteiger partial charge in [0.1, 0.15) is 5.41 Å². The van der Waals surface area contributed by atoms with Crippen molar-refractivity contribution in [3.8, 4) is 6.07 Å². The van der Waals surface area contributed by atoms with Gasteiger partial charge in [-0.1, -0.05) is 19.1 Å². The topological polar surface area (TPSA) is 39.4 Å². The van der Waals surface area contributed by atoms with Gasteiger partial charge in [-0.15, -0.1) is 0 Å². The summed E-state index contributed by atoms with van der Waals surface area (Å²) in [5, 5.41) is 9.54. The van der Waals surface area contributed by atoms with Gasteiger partial charge in [0.25, 0.3) is 0 Å². The van der Waals surface area contributed by atoms with E-state index in [0.29, 0.717) is 0 Å². The molecule has 0 N–H and O–H groups in total. The molecule has 1 saturated heterocycles. The van der Waals surface area contributed by atoms with Gasteiger partial charge in [0.05, 0.1) is 11.8 Å². The molecule has 3 nitrogen and oxygen atoms in total. The molecule has 0 spiro atoms. The monoisotopic (exact) mass is 229 g/mol. The molecular formula is C14H19N3. The number of aliphatic imine (C=N–C) groups is 1. The first-order valence-corrected chi connectivity index (χ1v) is 6.34. The van der Waals surface area contributed by atoms with Crippen molar-refractivity contribution in [2.75, 3.05) is 19.6 Å². The molecule has 0 aromatic rings. The Balaban J connectivity index is 2.19. The lowest BCUT2D eigenvalue weighted by Crippen LogP contribution is -2.43. The lowest BCUT2D eigenvalue weighted by Gasteiger charge is -2.36. The Bertz CT molecular complexity index is 390. The van der Waals surface area contributed by atoms with E-state index in [2.05, 4.69) is 29.0 Å². The molecule has 0 bridgehead atoms. The second kappa shape index (κ2) is 5.29. The summed E-state index contributed by atoms with van der Waals surface area (Å²) in [5.41, 5.74) is 0.584. The van der Waals surface area contributed by atoms with Crippen LogP contribution in [0.4, 0.5) is 0 Å². The zero-order valence-corrected chi connectivity index (χ0v) is 10.4. The molecule has 0 aromatic heterocycles. The largest absolute Gasteiger partial charge is 0.303 e. The summed E-state index contributed by atoms with van der Waals surface area (Å²) < 4.78 is 0. The van der Waals surface area contributed by atoms with Crippen molar-refractivity contribution >= 4 is 5.71 Å². The molecule has 0 radical (unpaired) electrons. The first-order chi connectivity index (χ1) is 8.30. The van der Waals surface area contributed by atoms with Crippen LogP contribution in [0.3, 0.4) is 0 Å². The molecule has 0 aromatic carbocycles. The van der Waals surface area contributed by atoms with Gasteiger partial charge in [-0.3, -0.25) is 4.99 Å². The third-order valence-corrected chi connectivity index (χ3v) is 3.73. The Labute approximate surface area is 103 Å². The third-order valence-electron chi connectivity index (χ3n) is 3.73. The number of piperidine rings is 1. The van der Waals surface area contributed by atoms with Crippen molar-refractivity contribution in [2.24, 2.45) is 10.4 Å². The smallest absolute Gasteiger partial charge is 0.102 e. The predicted octanol–water partition coefficient (Wildman–Crippen LogP) is 2.53. The molecule has 0 unspecified atom stereocenters. The highest BCUT2D eigenvalue weighted by molar-refractivity contribution is 6.02. The van der Waals surface area contributed by atoms with Crippen LogP contribution in [0.2, 0.25) is 0 Å². The normalized spacial score (nSPS) is 23.9. The van der Waals surface area contributed by atoms with Gasteiger partial charge in [0.15, 0.2) is 0 Å². The van der Waals surface area contributed by atoms with Crippen LogP contribution >= 0.6 is 0 Å². The van der Waals surface area contributed by atoms with Gasteiger partial charge in [-0.05, 0) is 31.9 Å². The van der Waals surface area contributed by atoms with E-state index in [4.69, 9.17) is 0 Å². The lowest BCUT2D eigenvalue weighted by molar-refractivity contribution is 0.191. The van der Waals surface area contributed by atoms with Gasteiger partial charge in [-0.2, -0.15) is 5.26 Å². The van der Waals surface area contributed by atoms with Crippen LogP contribution in [0.1, 0.15) is 26.2 Å². The molecular weight excluding hydrogens is 210 g/mol. The van der Waals surface area contributed by atoms with E-state index in [-0.39, 0.29) is 5.41 Å². The SMILES string of the molecule is CCN1CCC(C#N)(C2=NC=CCC=C2)CC1. The van der Waals surface area contributed by atoms with Crippen molar-refractivity contribution in [1.29, 1.82) is 5.26 Å². The first kappa shape index (κ1) is 12.1. The molecule has 0 atom stereocenters. The number of hydrogen-bond acceptors (Lipinski definition) is 3. The lowest BCUT2D eigenvalue weighted by atomic mass is 9.75. The van der Waals surface area contributed by atoms with Gasteiger partial charge in [0.2, 0.25) is 0 Å². The van der Waals surface area contributed by atoms with Crippen LogP contribution < -0.4 is 0 Å². The van der Waals surface area contributed by atoms with Crippen LogP contribution in [0.25, 0.3) is 0 Å². The minimum atomic E-state index is -0.364. The van der Waals surface area contributed by atoms with Crippen LogP contribution in [0.5, 0.6) is 0 Å². The zero-order valence-electron chi connectivity index (χ0n) is 10.4. The molecule has 0 saturated carbocycles. The minimum Gasteiger partial charge on any atom is -0.303 e. The highest BCUT2D eigenvalue weighted by Gasteiger charge is 2.38. The molecule has 2 aliphatic rings. The Kier molecular flexibility index (Phi) is 3.75. The second-order valence-corrected chi connectivity index (χ2v) is 4.67. The van der Waals surface area contributed by atoms with E-state index in [1.165, 1.54) is 0 Å². The molecule has 0 aliphatic carbocycles. The molecule has 2 aliphatic heterocycles. The summed E-state index contributed by atoms with van der Waals surface area (Å²) in [5.74, 6) is 0. The zero-order chi connectivity index (χ0) is 12.1. The van der Waals surface area contributed by atoms with Crippen LogP contribution in [-0.2, 0) is 0 Å². The van der Waals surface area contributed by atoms with Crippen LogP contribution in [0, 0.1) is 16.7 Å². The van der Waals surface area contributed by atoms with E-state index < -0.39 is 0 Å².